The molecule has 6 nitrogen and oxygen atoms in total. The van der Waals surface area contributed by atoms with Gasteiger partial charge in [0.05, 0.1) is 19.1 Å². The minimum atomic E-state index is -0.480. The Hall–Kier alpha value is -2.70. The van der Waals surface area contributed by atoms with E-state index in [1.54, 1.807) is 0 Å². The van der Waals surface area contributed by atoms with E-state index in [-0.39, 0.29) is 24.2 Å². The first-order valence-electron chi connectivity index (χ1n) is 10.8. The Balaban J connectivity index is 1.54. The predicted octanol–water partition coefficient (Wildman–Crippen LogP) is 2.56. The molecule has 158 valence electrons. The highest BCUT2D eigenvalue weighted by atomic mass is 16.7. The van der Waals surface area contributed by atoms with E-state index in [1.807, 2.05) is 36.4 Å². The fourth-order valence-electron chi connectivity index (χ4n) is 4.27. The van der Waals surface area contributed by atoms with Crippen molar-refractivity contribution >= 4 is 11.8 Å². The molecule has 1 N–H and O–H groups in total. The lowest BCUT2D eigenvalue weighted by Crippen LogP contribution is -2.57. The highest BCUT2D eigenvalue weighted by Gasteiger charge is 2.35. The molecule has 2 heterocycles. The van der Waals surface area contributed by atoms with Gasteiger partial charge >= 0.3 is 0 Å². The van der Waals surface area contributed by atoms with E-state index in [0.717, 1.165) is 19.4 Å². The van der Waals surface area contributed by atoms with Crippen LogP contribution in [-0.4, -0.2) is 60.6 Å². The summed E-state index contributed by atoms with van der Waals surface area (Å²) in [5, 5.41) is 4.37. The summed E-state index contributed by atoms with van der Waals surface area (Å²) in [6.45, 7) is 3.17. The molecular formula is C24H29N3O3. The van der Waals surface area contributed by atoms with Gasteiger partial charge in [-0.2, -0.15) is 0 Å². The molecule has 6 heteroatoms. The first-order chi connectivity index (χ1) is 14.7. The van der Waals surface area contributed by atoms with Crippen molar-refractivity contribution in [2.24, 2.45) is 0 Å². The van der Waals surface area contributed by atoms with Crippen molar-refractivity contribution in [3.8, 4) is 0 Å². The molecule has 0 aliphatic carbocycles. The number of amides is 2. The lowest BCUT2D eigenvalue weighted by Gasteiger charge is -2.38. The highest BCUT2D eigenvalue weighted by molar-refractivity contribution is 5.88. The first kappa shape index (κ1) is 20.6. The summed E-state index contributed by atoms with van der Waals surface area (Å²) in [6.07, 6.45) is 2.05. The first-order valence-corrected chi connectivity index (χ1v) is 10.8. The number of hydrogen-bond acceptors (Lipinski definition) is 4. The molecule has 2 aliphatic heterocycles. The Kier molecular flexibility index (Phi) is 6.77. The van der Waals surface area contributed by atoms with Crippen LogP contribution in [0.3, 0.4) is 0 Å². The van der Waals surface area contributed by atoms with Crippen LogP contribution in [0.4, 0.5) is 0 Å². The zero-order valence-corrected chi connectivity index (χ0v) is 17.2. The molecule has 2 fully saturated rings. The van der Waals surface area contributed by atoms with Crippen LogP contribution in [0.25, 0.3) is 0 Å². The van der Waals surface area contributed by atoms with Crippen LogP contribution >= 0.6 is 0 Å². The zero-order chi connectivity index (χ0) is 20.8. The van der Waals surface area contributed by atoms with Gasteiger partial charge in [-0.15, -0.1) is 0 Å². The second kappa shape index (κ2) is 9.87. The smallest absolute Gasteiger partial charge is 0.248 e. The summed E-state index contributed by atoms with van der Waals surface area (Å²) < 4.78 is 0. The molecule has 2 saturated heterocycles. The minimum Gasteiger partial charge on any atom is -0.353 e. The second-order valence-corrected chi connectivity index (χ2v) is 7.92. The molecule has 2 amide bonds. The largest absolute Gasteiger partial charge is 0.353 e. The molecule has 2 aromatic rings. The summed E-state index contributed by atoms with van der Waals surface area (Å²) in [4.78, 5) is 33.2. The van der Waals surface area contributed by atoms with Gasteiger partial charge in [0.2, 0.25) is 11.8 Å². The molecule has 2 aliphatic rings. The highest BCUT2D eigenvalue weighted by Crippen LogP contribution is 2.27. The normalized spacial score (nSPS) is 20.2. The van der Waals surface area contributed by atoms with Gasteiger partial charge in [0.15, 0.2) is 0 Å². The number of hydrogen-bond donors (Lipinski definition) is 1. The number of nitrogens with zero attached hydrogens (tertiary/aromatic N) is 2. The van der Waals surface area contributed by atoms with Gasteiger partial charge in [0, 0.05) is 32.1 Å². The Morgan fingerprint density at radius 3 is 2.27 bits per heavy atom. The number of piperazine rings is 1. The van der Waals surface area contributed by atoms with Gasteiger partial charge in [0.1, 0.15) is 0 Å². The number of rotatable bonds is 6. The van der Waals surface area contributed by atoms with Crippen molar-refractivity contribution in [3.63, 3.8) is 0 Å². The minimum absolute atomic E-state index is 0.0773. The van der Waals surface area contributed by atoms with Crippen LogP contribution < -0.4 is 5.32 Å². The molecule has 0 aromatic heterocycles. The maximum Gasteiger partial charge on any atom is 0.248 e. The van der Waals surface area contributed by atoms with E-state index in [9.17, 15) is 9.59 Å². The maximum absolute atomic E-state index is 12.8. The third-order valence-electron chi connectivity index (χ3n) is 5.91. The Morgan fingerprint density at radius 2 is 1.67 bits per heavy atom. The van der Waals surface area contributed by atoms with Crippen LogP contribution in [-0.2, 0) is 14.4 Å². The summed E-state index contributed by atoms with van der Waals surface area (Å²) in [7, 11) is 0. The number of carbonyl (C=O) groups is 2. The van der Waals surface area contributed by atoms with Crippen LogP contribution in [0.5, 0.6) is 0 Å². The maximum atomic E-state index is 12.8. The van der Waals surface area contributed by atoms with E-state index in [2.05, 4.69) is 34.5 Å². The van der Waals surface area contributed by atoms with Crippen molar-refractivity contribution in [1.82, 2.24) is 15.3 Å². The van der Waals surface area contributed by atoms with Gasteiger partial charge in [-0.1, -0.05) is 60.7 Å². The van der Waals surface area contributed by atoms with E-state index >= 15 is 0 Å². The summed E-state index contributed by atoms with van der Waals surface area (Å²) in [5.41, 5.74) is 2.42. The zero-order valence-electron chi connectivity index (χ0n) is 17.2. The number of nitrogens with one attached hydrogen (secondary N) is 1. The molecule has 0 unspecified atom stereocenters. The summed E-state index contributed by atoms with van der Waals surface area (Å²) >= 11 is 0. The molecule has 30 heavy (non-hydrogen) atoms. The Morgan fingerprint density at radius 1 is 1.00 bits per heavy atom. The average molecular weight is 408 g/mol. The van der Waals surface area contributed by atoms with Crippen LogP contribution in [0, 0.1) is 0 Å². The van der Waals surface area contributed by atoms with Crippen molar-refractivity contribution in [1.29, 1.82) is 0 Å². The van der Waals surface area contributed by atoms with Gasteiger partial charge in [-0.25, -0.2) is 5.06 Å². The number of carbonyl (C=O) groups excluding carboxylic acids is 2. The number of benzene rings is 2. The molecule has 0 radical (unpaired) electrons. The van der Waals surface area contributed by atoms with Crippen LogP contribution in [0.2, 0.25) is 0 Å². The lowest BCUT2D eigenvalue weighted by molar-refractivity contribution is -0.198. The van der Waals surface area contributed by atoms with Gasteiger partial charge in [0.25, 0.3) is 0 Å². The second-order valence-electron chi connectivity index (χ2n) is 7.92. The van der Waals surface area contributed by atoms with Crippen LogP contribution in [0.15, 0.2) is 60.7 Å². The topological polar surface area (TPSA) is 61.9 Å². The SMILES string of the molecule is O=C1NCCN(CC(c2ccccc2)c2ccccc2)[C@H]1CC(=O)N1CCCCO1. The third-order valence-corrected chi connectivity index (χ3v) is 5.91. The van der Waals surface area contributed by atoms with Crippen molar-refractivity contribution in [3.05, 3.63) is 71.8 Å². The third kappa shape index (κ3) is 4.89. The van der Waals surface area contributed by atoms with E-state index < -0.39 is 6.04 Å². The predicted molar refractivity (Wildman–Crippen MR) is 115 cm³/mol. The van der Waals surface area contributed by atoms with E-state index in [1.165, 1.54) is 16.2 Å². The molecule has 2 aromatic carbocycles. The van der Waals surface area contributed by atoms with Gasteiger partial charge < -0.3 is 5.32 Å². The fourth-order valence-corrected chi connectivity index (χ4v) is 4.27. The van der Waals surface area contributed by atoms with Gasteiger partial charge in [-0.05, 0) is 24.0 Å². The summed E-state index contributed by atoms with van der Waals surface area (Å²) in [5.74, 6) is -0.0636. The quantitative estimate of drug-likeness (QED) is 0.800. The Bertz CT molecular complexity index is 798. The molecule has 0 bridgehead atoms. The van der Waals surface area contributed by atoms with Crippen molar-refractivity contribution in [2.45, 2.75) is 31.2 Å². The summed E-state index contributed by atoms with van der Waals surface area (Å²) in [6, 6.07) is 20.2. The van der Waals surface area contributed by atoms with Crippen molar-refractivity contribution in [2.75, 3.05) is 32.8 Å². The monoisotopic (exact) mass is 407 g/mol. The molecule has 0 spiro atoms. The standard InChI is InChI=1S/C24H29N3O3/c28-23(27-14-7-8-16-30-27)17-22-24(29)25-13-15-26(22)18-21(19-9-3-1-4-10-19)20-11-5-2-6-12-20/h1-6,9-12,21-22H,7-8,13-18H2,(H,25,29)/t22-/m0/s1. The Labute approximate surface area is 177 Å². The molecular weight excluding hydrogens is 378 g/mol. The van der Waals surface area contributed by atoms with Crippen molar-refractivity contribution < 1.29 is 14.4 Å². The number of hydroxylamine groups is 2. The van der Waals surface area contributed by atoms with E-state index in [0.29, 0.717) is 26.2 Å². The fraction of sp³-hybridized carbons (Fsp3) is 0.417. The molecule has 0 saturated carbocycles. The average Bonchev–Trinajstić information content (AvgIpc) is 2.81. The lowest BCUT2D eigenvalue weighted by atomic mass is 9.90. The van der Waals surface area contributed by atoms with Gasteiger partial charge in [-0.3, -0.25) is 19.3 Å². The molecule has 4 rings (SSSR count). The van der Waals surface area contributed by atoms with Crippen LogP contribution in [0.1, 0.15) is 36.3 Å². The molecule has 1 atom stereocenters. The van der Waals surface area contributed by atoms with E-state index in [4.69, 9.17) is 4.84 Å².